The number of rotatable bonds is 7. The Kier molecular flexibility index (Phi) is 6.99. The average molecular weight is 460 g/mol. The zero-order valence-corrected chi connectivity index (χ0v) is 19.9. The number of fused-ring (bicyclic) bond motifs is 1. The highest BCUT2D eigenvalue weighted by atomic mass is 32.2. The van der Waals surface area contributed by atoms with Crippen LogP contribution >= 0.6 is 23.1 Å². The third-order valence-corrected chi connectivity index (χ3v) is 8.02. The third-order valence-electron chi connectivity index (χ3n) is 5.88. The first-order valence-electron chi connectivity index (χ1n) is 11.0. The number of hydrogen-bond acceptors (Lipinski definition) is 7. The second kappa shape index (κ2) is 9.72. The van der Waals surface area contributed by atoms with Gasteiger partial charge in [0.15, 0.2) is 5.16 Å². The van der Waals surface area contributed by atoms with Gasteiger partial charge in [0.25, 0.3) is 0 Å². The molecule has 9 heteroatoms. The highest BCUT2D eigenvalue weighted by molar-refractivity contribution is 7.99. The number of ether oxygens (including phenoxy) is 1. The quantitative estimate of drug-likeness (QED) is 0.618. The molecule has 1 saturated heterocycles. The van der Waals surface area contributed by atoms with E-state index in [0.717, 1.165) is 61.8 Å². The molecule has 31 heavy (non-hydrogen) atoms. The first-order valence-corrected chi connectivity index (χ1v) is 12.8. The monoisotopic (exact) mass is 459 g/mol. The number of amides is 1. The fraction of sp³-hybridized carbons (Fsp3) is 0.636. The average Bonchev–Trinajstić information content (AvgIpc) is 3.45. The summed E-state index contributed by atoms with van der Waals surface area (Å²) in [7, 11) is 0. The van der Waals surface area contributed by atoms with Crippen molar-refractivity contribution in [2.45, 2.75) is 76.6 Å². The number of nitrogens with zero attached hydrogens (tertiary/aromatic N) is 4. The molecule has 0 spiro atoms. The molecule has 166 valence electrons. The number of nitriles is 1. The summed E-state index contributed by atoms with van der Waals surface area (Å²) >= 11 is 2.95. The molecule has 2 aromatic rings. The topological polar surface area (TPSA) is 92.8 Å². The molecule has 3 heterocycles. The van der Waals surface area contributed by atoms with E-state index in [1.165, 1.54) is 16.6 Å². The molecule has 1 fully saturated rings. The molecule has 1 amide bonds. The second-order valence-corrected chi connectivity index (χ2v) is 10.8. The maximum Gasteiger partial charge on any atom is 0.235 e. The predicted octanol–water partition coefficient (Wildman–Crippen LogP) is 4.37. The molecule has 2 aliphatic rings. The van der Waals surface area contributed by atoms with Crippen LogP contribution in [0.4, 0.5) is 5.00 Å². The summed E-state index contributed by atoms with van der Waals surface area (Å²) in [5.74, 6) is 1.90. The van der Waals surface area contributed by atoms with Crippen LogP contribution in [0.25, 0.3) is 0 Å². The van der Waals surface area contributed by atoms with Gasteiger partial charge < -0.3 is 14.6 Å². The van der Waals surface area contributed by atoms with Gasteiger partial charge in [-0.15, -0.1) is 21.5 Å². The summed E-state index contributed by atoms with van der Waals surface area (Å²) in [6.45, 7) is 7.96. The lowest BCUT2D eigenvalue weighted by atomic mass is 9.89. The van der Waals surface area contributed by atoms with Crippen molar-refractivity contribution >= 4 is 34.0 Å². The lowest BCUT2D eigenvalue weighted by molar-refractivity contribution is -0.113. The van der Waals surface area contributed by atoms with Gasteiger partial charge in [0.05, 0.1) is 24.0 Å². The van der Waals surface area contributed by atoms with Gasteiger partial charge in [0.2, 0.25) is 5.91 Å². The van der Waals surface area contributed by atoms with Crippen molar-refractivity contribution in [2.24, 2.45) is 5.92 Å². The van der Waals surface area contributed by atoms with Crippen LogP contribution in [0.1, 0.15) is 67.8 Å². The Bertz CT molecular complexity index is 985. The molecular formula is C22H29N5O2S2. The lowest BCUT2D eigenvalue weighted by Crippen LogP contribution is -2.19. The third kappa shape index (κ3) is 4.97. The van der Waals surface area contributed by atoms with E-state index >= 15 is 0 Å². The van der Waals surface area contributed by atoms with Gasteiger partial charge in [-0.05, 0) is 43.6 Å². The second-order valence-electron chi connectivity index (χ2n) is 8.75. The number of carbonyl (C=O) groups excluding carboxylic acids is 1. The molecular weight excluding hydrogens is 430 g/mol. The first-order chi connectivity index (χ1) is 15.0. The minimum Gasteiger partial charge on any atom is -0.376 e. The van der Waals surface area contributed by atoms with Gasteiger partial charge in [-0.2, -0.15) is 5.26 Å². The van der Waals surface area contributed by atoms with Crippen LogP contribution in [0.3, 0.4) is 0 Å². The van der Waals surface area contributed by atoms with Crippen LogP contribution in [0.5, 0.6) is 0 Å². The van der Waals surface area contributed by atoms with E-state index in [0.29, 0.717) is 16.5 Å². The van der Waals surface area contributed by atoms with Crippen LogP contribution in [0, 0.1) is 17.2 Å². The molecule has 1 aliphatic carbocycles. The molecule has 2 unspecified atom stereocenters. The van der Waals surface area contributed by atoms with E-state index < -0.39 is 0 Å². The van der Waals surface area contributed by atoms with Crippen LogP contribution in [-0.2, 0) is 28.9 Å². The fourth-order valence-corrected chi connectivity index (χ4v) is 6.38. The number of carbonyl (C=O) groups is 1. The maximum atomic E-state index is 12.7. The van der Waals surface area contributed by atoms with Gasteiger partial charge in [-0.1, -0.05) is 32.5 Å². The highest BCUT2D eigenvalue weighted by Gasteiger charge is 2.26. The number of aromatic nitrogens is 3. The maximum absolute atomic E-state index is 12.7. The Morgan fingerprint density at radius 3 is 2.97 bits per heavy atom. The summed E-state index contributed by atoms with van der Waals surface area (Å²) in [5, 5.41) is 22.8. The number of hydrogen-bond donors (Lipinski definition) is 1. The summed E-state index contributed by atoms with van der Waals surface area (Å²) in [6.07, 6.45) is 5.31. The molecule has 1 aliphatic heterocycles. The molecule has 1 N–H and O–H groups in total. The largest absolute Gasteiger partial charge is 0.376 e. The fourth-order valence-electron chi connectivity index (χ4n) is 4.25. The molecule has 7 nitrogen and oxygen atoms in total. The minimum absolute atomic E-state index is 0.120. The van der Waals surface area contributed by atoms with Crippen molar-refractivity contribution in [1.82, 2.24) is 14.8 Å². The summed E-state index contributed by atoms with van der Waals surface area (Å²) in [6, 6.07) is 2.31. The van der Waals surface area contributed by atoms with Gasteiger partial charge in [0, 0.05) is 17.4 Å². The Morgan fingerprint density at radius 2 is 2.26 bits per heavy atom. The Morgan fingerprint density at radius 1 is 1.42 bits per heavy atom. The van der Waals surface area contributed by atoms with Crippen LogP contribution in [-0.4, -0.2) is 39.1 Å². The van der Waals surface area contributed by atoms with Gasteiger partial charge >= 0.3 is 0 Å². The molecule has 4 rings (SSSR count). The number of anilines is 1. The molecule has 2 atom stereocenters. The van der Waals surface area contributed by atoms with E-state index in [4.69, 9.17) is 4.74 Å². The lowest BCUT2D eigenvalue weighted by Gasteiger charge is -2.17. The Hall–Kier alpha value is -1.89. The van der Waals surface area contributed by atoms with Crippen molar-refractivity contribution in [2.75, 3.05) is 17.7 Å². The highest BCUT2D eigenvalue weighted by Crippen LogP contribution is 2.39. The standard InChI is InChI=1S/C22H29N5O2S2/c1-13(2)20-25-26-22(27(20)11-15-5-4-8-29-15)30-12-19(28)24-21-17(10-23)16-7-6-14(3)9-18(16)31-21/h13-15H,4-9,11-12H2,1-3H3,(H,24,28). The van der Waals surface area contributed by atoms with E-state index in [2.05, 4.69) is 46.9 Å². The van der Waals surface area contributed by atoms with Crippen molar-refractivity contribution in [3.05, 3.63) is 21.8 Å². The smallest absolute Gasteiger partial charge is 0.235 e. The molecule has 0 radical (unpaired) electrons. The first kappa shape index (κ1) is 22.3. The van der Waals surface area contributed by atoms with Crippen molar-refractivity contribution < 1.29 is 9.53 Å². The van der Waals surface area contributed by atoms with Crippen molar-refractivity contribution in [3.8, 4) is 6.07 Å². The molecule has 0 bridgehead atoms. The van der Waals surface area contributed by atoms with Crippen LogP contribution in [0.15, 0.2) is 5.16 Å². The number of nitrogens with one attached hydrogen (secondary N) is 1. The molecule has 0 aromatic carbocycles. The summed E-state index contributed by atoms with van der Waals surface area (Å²) < 4.78 is 7.90. The van der Waals surface area contributed by atoms with Crippen molar-refractivity contribution in [1.29, 1.82) is 5.26 Å². The van der Waals surface area contributed by atoms with Crippen molar-refractivity contribution in [3.63, 3.8) is 0 Å². The zero-order valence-electron chi connectivity index (χ0n) is 18.3. The van der Waals surface area contributed by atoms with Gasteiger partial charge in [-0.3, -0.25) is 4.79 Å². The predicted molar refractivity (Wildman–Crippen MR) is 123 cm³/mol. The van der Waals surface area contributed by atoms with E-state index in [-0.39, 0.29) is 23.7 Å². The number of thiophene rings is 1. The van der Waals surface area contributed by atoms with Crippen LogP contribution < -0.4 is 5.32 Å². The Balaban J connectivity index is 1.43. The molecule has 0 saturated carbocycles. The summed E-state index contributed by atoms with van der Waals surface area (Å²) in [5.41, 5.74) is 1.78. The van der Waals surface area contributed by atoms with Gasteiger partial charge in [0.1, 0.15) is 16.9 Å². The zero-order chi connectivity index (χ0) is 22.0. The van der Waals surface area contributed by atoms with E-state index in [1.807, 2.05) is 0 Å². The normalized spacial score (nSPS) is 20.6. The van der Waals surface area contributed by atoms with E-state index in [1.54, 1.807) is 11.3 Å². The van der Waals surface area contributed by atoms with Crippen LogP contribution in [0.2, 0.25) is 0 Å². The Labute approximate surface area is 191 Å². The SMILES string of the molecule is CC1CCc2c(sc(NC(=O)CSc3nnc(C(C)C)n3CC3CCCO3)c2C#N)C1. The summed E-state index contributed by atoms with van der Waals surface area (Å²) in [4.78, 5) is 14.0. The number of thioether (sulfide) groups is 1. The molecule has 2 aromatic heterocycles. The van der Waals surface area contributed by atoms with E-state index in [9.17, 15) is 10.1 Å². The minimum atomic E-state index is -0.120. The van der Waals surface area contributed by atoms with Gasteiger partial charge in [-0.25, -0.2) is 0 Å².